The lowest BCUT2D eigenvalue weighted by molar-refractivity contribution is -0.140. The van der Waals surface area contributed by atoms with Crippen molar-refractivity contribution in [1.82, 2.24) is 4.98 Å². The molecule has 0 saturated carbocycles. The van der Waals surface area contributed by atoms with E-state index in [4.69, 9.17) is 4.84 Å². The first-order valence-corrected chi connectivity index (χ1v) is 7.04. The van der Waals surface area contributed by atoms with Crippen LogP contribution in [0, 0.1) is 6.92 Å². The molecule has 0 radical (unpaired) electrons. The van der Waals surface area contributed by atoms with Crippen molar-refractivity contribution in [2.24, 2.45) is 5.16 Å². The number of rotatable bonds is 3. The molecule has 0 bridgehead atoms. The Labute approximate surface area is 128 Å². The highest BCUT2D eigenvalue weighted by Crippen LogP contribution is 2.29. The molecule has 0 unspecified atom stereocenters. The van der Waals surface area contributed by atoms with Gasteiger partial charge < -0.3 is 9.82 Å². The molecule has 0 amide bonds. The summed E-state index contributed by atoms with van der Waals surface area (Å²) in [6.07, 6.45) is 1.58. The van der Waals surface area contributed by atoms with E-state index in [1.807, 2.05) is 24.3 Å². The number of para-hydroxylation sites is 1. The number of aromatic nitrogens is 1. The summed E-state index contributed by atoms with van der Waals surface area (Å²) in [6.45, 7) is 3.38. The zero-order valence-corrected chi connectivity index (χ0v) is 12.5. The monoisotopic (exact) mass is 292 g/mol. The van der Waals surface area contributed by atoms with Crippen LogP contribution in [0.25, 0.3) is 22.2 Å². The van der Waals surface area contributed by atoms with Crippen molar-refractivity contribution in [2.75, 3.05) is 0 Å². The molecule has 22 heavy (non-hydrogen) atoms. The van der Waals surface area contributed by atoms with E-state index < -0.39 is 5.97 Å². The number of aromatic amines is 1. The highest BCUT2D eigenvalue weighted by atomic mass is 16.7. The minimum atomic E-state index is -0.437. The third kappa shape index (κ3) is 2.76. The van der Waals surface area contributed by atoms with E-state index >= 15 is 0 Å². The van der Waals surface area contributed by atoms with Crippen molar-refractivity contribution >= 4 is 23.1 Å². The maximum Gasteiger partial charge on any atom is 0.331 e. The summed E-state index contributed by atoms with van der Waals surface area (Å²) in [5, 5.41) is 4.81. The van der Waals surface area contributed by atoms with Gasteiger partial charge in [0, 0.05) is 23.4 Å². The summed E-state index contributed by atoms with van der Waals surface area (Å²) in [5.41, 5.74) is 5.14. The minimum Gasteiger partial charge on any atom is -0.354 e. The van der Waals surface area contributed by atoms with E-state index in [1.165, 1.54) is 12.5 Å². The molecule has 0 atom stereocenters. The number of hydrogen-bond donors (Lipinski definition) is 1. The molecule has 0 aliphatic heterocycles. The highest BCUT2D eigenvalue weighted by molar-refractivity contribution is 6.05. The van der Waals surface area contributed by atoms with Crippen molar-refractivity contribution in [1.29, 1.82) is 0 Å². The Kier molecular flexibility index (Phi) is 3.74. The van der Waals surface area contributed by atoms with Crippen LogP contribution < -0.4 is 0 Å². The smallest absolute Gasteiger partial charge is 0.331 e. The van der Waals surface area contributed by atoms with Gasteiger partial charge in [-0.2, -0.15) is 0 Å². The molecule has 3 rings (SSSR count). The first-order chi connectivity index (χ1) is 10.6. The maximum atomic E-state index is 10.9. The maximum absolute atomic E-state index is 10.9. The lowest BCUT2D eigenvalue weighted by Gasteiger charge is -2.01. The fourth-order valence-electron chi connectivity index (χ4n) is 2.40. The van der Waals surface area contributed by atoms with Gasteiger partial charge in [-0.05, 0) is 18.6 Å². The molecule has 0 aliphatic carbocycles. The van der Waals surface area contributed by atoms with Gasteiger partial charge in [-0.25, -0.2) is 4.79 Å². The van der Waals surface area contributed by atoms with E-state index in [-0.39, 0.29) is 0 Å². The molecule has 110 valence electrons. The van der Waals surface area contributed by atoms with E-state index in [1.54, 1.807) is 6.21 Å². The molecule has 0 fully saturated rings. The predicted octanol–water partition coefficient (Wildman–Crippen LogP) is 4.04. The minimum absolute atomic E-state index is 0.437. The van der Waals surface area contributed by atoms with Gasteiger partial charge in [0.1, 0.15) is 0 Å². The van der Waals surface area contributed by atoms with Gasteiger partial charge in [-0.15, -0.1) is 0 Å². The fourth-order valence-corrected chi connectivity index (χ4v) is 2.40. The fraction of sp³-hybridized carbons (Fsp3) is 0.111. The van der Waals surface area contributed by atoms with Crippen LogP contribution >= 0.6 is 0 Å². The molecule has 0 spiro atoms. The molecule has 3 aromatic rings. The number of hydrogen-bond acceptors (Lipinski definition) is 3. The van der Waals surface area contributed by atoms with Gasteiger partial charge in [-0.3, -0.25) is 0 Å². The Hall–Kier alpha value is -2.88. The number of aryl methyl sites for hydroxylation is 1. The summed E-state index contributed by atoms with van der Waals surface area (Å²) in [6, 6.07) is 16.2. The van der Waals surface area contributed by atoms with E-state index in [2.05, 4.69) is 41.3 Å². The second-order valence-corrected chi connectivity index (χ2v) is 5.14. The number of H-pyrrole nitrogens is 1. The van der Waals surface area contributed by atoms with Gasteiger partial charge in [-0.1, -0.05) is 53.2 Å². The molecule has 1 N–H and O–H groups in total. The quantitative estimate of drug-likeness (QED) is 0.450. The first-order valence-electron chi connectivity index (χ1n) is 7.04. The van der Waals surface area contributed by atoms with Crippen molar-refractivity contribution in [3.8, 4) is 11.3 Å². The normalized spacial score (nSPS) is 11.2. The lowest BCUT2D eigenvalue weighted by Crippen LogP contribution is -1.92. The first kappa shape index (κ1) is 14.1. The third-order valence-electron chi connectivity index (χ3n) is 3.45. The van der Waals surface area contributed by atoms with Crippen molar-refractivity contribution in [2.45, 2.75) is 13.8 Å². The predicted molar refractivity (Wildman–Crippen MR) is 87.8 cm³/mol. The largest absolute Gasteiger partial charge is 0.354 e. The zero-order chi connectivity index (χ0) is 15.5. The van der Waals surface area contributed by atoms with Crippen LogP contribution in [-0.2, 0) is 9.63 Å². The van der Waals surface area contributed by atoms with Crippen LogP contribution in [0.1, 0.15) is 18.1 Å². The molecule has 1 aromatic heterocycles. The van der Waals surface area contributed by atoms with Crippen LogP contribution in [0.2, 0.25) is 0 Å². The molecule has 4 heteroatoms. The van der Waals surface area contributed by atoms with Crippen molar-refractivity contribution in [3.05, 3.63) is 59.7 Å². The van der Waals surface area contributed by atoms with Crippen LogP contribution in [0.3, 0.4) is 0 Å². The molecule has 0 aliphatic rings. The molecule has 0 saturated heterocycles. The summed E-state index contributed by atoms with van der Waals surface area (Å²) in [4.78, 5) is 19.0. The van der Waals surface area contributed by atoms with E-state index in [0.29, 0.717) is 0 Å². The number of carbonyl (C=O) groups is 1. The standard InChI is InChI=1S/C18H16N2O2/c1-12-7-9-14(10-8-12)18-16(11-19-22-13(2)21)15-5-3-4-6-17(15)20-18/h3-11,20H,1-2H3. The number of fused-ring (bicyclic) bond motifs is 1. The molecular formula is C18H16N2O2. The summed E-state index contributed by atoms with van der Waals surface area (Å²) in [7, 11) is 0. The van der Waals surface area contributed by atoms with Gasteiger partial charge in [0.15, 0.2) is 0 Å². The summed E-state index contributed by atoms with van der Waals surface area (Å²) >= 11 is 0. The molecule has 2 aromatic carbocycles. The number of nitrogens with one attached hydrogen (secondary N) is 1. The Balaban J connectivity index is 2.13. The van der Waals surface area contributed by atoms with Gasteiger partial charge in [0.05, 0.1) is 11.9 Å². The van der Waals surface area contributed by atoms with Crippen LogP contribution in [0.5, 0.6) is 0 Å². The average Bonchev–Trinajstić information content (AvgIpc) is 2.87. The zero-order valence-electron chi connectivity index (χ0n) is 12.5. The molecule has 1 heterocycles. The number of oxime groups is 1. The Morgan fingerprint density at radius 2 is 1.86 bits per heavy atom. The number of nitrogens with zero attached hydrogens (tertiary/aromatic N) is 1. The van der Waals surface area contributed by atoms with E-state index in [0.717, 1.165) is 27.7 Å². The Morgan fingerprint density at radius 3 is 2.59 bits per heavy atom. The average molecular weight is 292 g/mol. The van der Waals surface area contributed by atoms with Crippen LogP contribution in [0.15, 0.2) is 53.7 Å². The second-order valence-electron chi connectivity index (χ2n) is 5.14. The van der Waals surface area contributed by atoms with Crippen LogP contribution in [-0.4, -0.2) is 17.2 Å². The van der Waals surface area contributed by atoms with Crippen LogP contribution in [0.4, 0.5) is 0 Å². The number of carbonyl (C=O) groups excluding carboxylic acids is 1. The Bertz CT molecular complexity index is 845. The van der Waals surface area contributed by atoms with Gasteiger partial charge in [0.25, 0.3) is 0 Å². The SMILES string of the molecule is CC(=O)ON=Cc1c(-c2ccc(C)cc2)[nH]c2ccccc12. The lowest BCUT2D eigenvalue weighted by atomic mass is 10.0. The number of benzene rings is 2. The molecule has 4 nitrogen and oxygen atoms in total. The Morgan fingerprint density at radius 1 is 1.14 bits per heavy atom. The topological polar surface area (TPSA) is 54.4 Å². The van der Waals surface area contributed by atoms with Gasteiger partial charge in [0.2, 0.25) is 0 Å². The van der Waals surface area contributed by atoms with Crippen molar-refractivity contribution in [3.63, 3.8) is 0 Å². The van der Waals surface area contributed by atoms with Gasteiger partial charge >= 0.3 is 5.97 Å². The van der Waals surface area contributed by atoms with E-state index in [9.17, 15) is 4.79 Å². The second kappa shape index (κ2) is 5.85. The summed E-state index contributed by atoms with van der Waals surface area (Å²) < 4.78 is 0. The summed E-state index contributed by atoms with van der Waals surface area (Å²) in [5.74, 6) is -0.437. The van der Waals surface area contributed by atoms with Crippen molar-refractivity contribution < 1.29 is 9.63 Å². The third-order valence-corrected chi connectivity index (χ3v) is 3.45. The highest BCUT2D eigenvalue weighted by Gasteiger charge is 2.11. The molecular weight excluding hydrogens is 276 g/mol.